The maximum Gasteiger partial charge on any atom is 0.221 e. The van der Waals surface area contributed by atoms with Gasteiger partial charge in [-0.1, -0.05) is 30.3 Å². The Kier molecular flexibility index (Phi) is 5.98. The van der Waals surface area contributed by atoms with E-state index in [2.05, 4.69) is 5.32 Å². The van der Waals surface area contributed by atoms with Crippen molar-refractivity contribution in [3.05, 3.63) is 35.9 Å². The zero-order valence-electron chi connectivity index (χ0n) is 11.0. The molecule has 0 heterocycles. The van der Waals surface area contributed by atoms with Crippen LogP contribution in [0.3, 0.4) is 0 Å². The van der Waals surface area contributed by atoms with Gasteiger partial charge < -0.3 is 11.1 Å². The van der Waals surface area contributed by atoms with Crippen molar-refractivity contribution in [3.63, 3.8) is 0 Å². The van der Waals surface area contributed by atoms with Gasteiger partial charge in [0.05, 0.1) is 5.75 Å². The molecule has 0 spiro atoms. The predicted octanol–water partition coefficient (Wildman–Crippen LogP) is 0.627. The number of amides is 1. The summed E-state index contributed by atoms with van der Waals surface area (Å²) in [5.41, 5.74) is 7.00. The van der Waals surface area contributed by atoms with Gasteiger partial charge in [0.25, 0.3) is 0 Å². The number of hydrogen-bond acceptors (Lipinski definition) is 4. The minimum absolute atomic E-state index is 0.000587. The topological polar surface area (TPSA) is 89.3 Å². The summed E-state index contributed by atoms with van der Waals surface area (Å²) in [5, 5.41) is 2.67. The Balaban J connectivity index is 2.25. The monoisotopic (exact) mass is 284 g/mol. The van der Waals surface area contributed by atoms with Crippen LogP contribution >= 0.6 is 0 Å². The fraction of sp³-hybridized carbons (Fsp3) is 0.462. The minimum Gasteiger partial charge on any atom is -0.356 e. The summed E-state index contributed by atoms with van der Waals surface area (Å²) >= 11 is 0. The summed E-state index contributed by atoms with van der Waals surface area (Å²) in [6, 6.07) is 9.51. The second-order valence-corrected chi connectivity index (χ2v) is 6.80. The second-order valence-electron chi connectivity index (χ2n) is 4.54. The van der Waals surface area contributed by atoms with Gasteiger partial charge in [-0.2, -0.15) is 0 Å². The molecule has 0 aliphatic carbocycles. The van der Waals surface area contributed by atoms with Crippen molar-refractivity contribution in [1.29, 1.82) is 0 Å². The van der Waals surface area contributed by atoms with Gasteiger partial charge in [0, 0.05) is 25.3 Å². The lowest BCUT2D eigenvalue weighted by atomic mass is 10.1. The Hall–Kier alpha value is -1.40. The van der Waals surface area contributed by atoms with E-state index in [0.717, 1.165) is 11.8 Å². The molecule has 1 atom stereocenters. The van der Waals surface area contributed by atoms with E-state index in [-0.39, 0.29) is 24.1 Å². The number of nitrogens with one attached hydrogen (secondary N) is 1. The largest absolute Gasteiger partial charge is 0.356 e. The minimum atomic E-state index is -3.09. The maximum atomic E-state index is 11.4. The van der Waals surface area contributed by atoms with Crippen molar-refractivity contribution in [2.75, 3.05) is 18.6 Å². The molecule has 0 aliphatic heterocycles. The second kappa shape index (κ2) is 7.25. The van der Waals surface area contributed by atoms with E-state index >= 15 is 0 Å². The van der Waals surface area contributed by atoms with E-state index in [1.807, 2.05) is 30.3 Å². The van der Waals surface area contributed by atoms with E-state index < -0.39 is 9.84 Å². The number of nitrogens with two attached hydrogens (primary N) is 1. The number of benzene rings is 1. The van der Waals surface area contributed by atoms with Gasteiger partial charge in [-0.15, -0.1) is 0 Å². The van der Waals surface area contributed by atoms with E-state index in [4.69, 9.17) is 5.73 Å². The number of rotatable bonds is 7. The van der Waals surface area contributed by atoms with Crippen LogP contribution in [0, 0.1) is 0 Å². The van der Waals surface area contributed by atoms with Crippen LogP contribution in [-0.2, 0) is 14.6 Å². The lowest BCUT2D eigenvalue weighted by Crippen LogP contribution is -2.28. The molecule has 1 unspecified atom stereocenters. The van der Waals surface area contributed by atoms with Crippen molar-refractivity contribution in [3.8, 4) is 0 Å². The molecular weight excluding hydrogens is 264 g/mol. The first-order valence-corrected chi connectivity index (χ1v) is 8.19. The molecule has 6 heteroatoms. The van der Waals surface area contributed by atoms with Gasteiger partial charge in [-0.05, 0) is 12.0 Å². The molecule has 106 valence electrons. The van der Waals surface area contributed by atoms with Crippen molar-refractivity contribution < 1.29 is 13.2 Å². The van der Waals surface area contributed by atoms with Crippen LogP contribution in [0.5, 0.6) is 0 Å². The summed E-state index contributed by atoms with van der Waals surface area (Å²) in [6.07, 6.45) is 1.74. The molecule has 0 aliphatic rings. The molecule has 0 radical (unpaired) electrons. The fourth-order valence-corrected chi connectivity index (χ4v) is 2.16. The fourth-order valence-electron chi connectivity index (χ4n) is 1.60. The van der Waals surface area contributed by atoms with Gasteiger partial charge in [0.1, 0.15) is 9.84 Å². The highest BCUT2D eigenvalue weighted by Gasteiger charge is 2.09. The highest BCUT2D eigenvalue weighted by molar-refractivity contribution is 7.90. The molecule has 0 saturated heterocycles. The molecular formula is C13H20N2O3S. The van der Waals surface area contributed by atoms with Crippen molar-refractivity contribution in [2.24, 2.45) is 5.73 Å². The van der Waals surface area contributed by atoms with Crippen LogP contribution in [0.25, 0.3) is 0 Å². The smallest absolute Gasteiger partial charge is 0.221 e. The molecule has 5 nitrogen and oxygen atoms in total. The SMILES string of the molecule is CS(=O)(=O)CCC(=O)NCCC(N)c1ccccc1. The number of carbonyl (C=O) groups is 1. The maximum absolute atomic E-state index is 11.4. The quantitative estimate of drug-likeness (QED) is 0.768. The van der Waals surface area contributed by atoms with Crippen LogP contribution < -0.4 is 11.1 Å². The molecule has 0 bridgehead atoms. The van der Waals surface area contributed by atoms with Gasteiger partial charge >= 0.3 is 0 Å². The molecule has 0 saturated carbocycles. The lowest BCUT2D eigenvalue weighted by molar-refractivity contribution is -0.120. The van der Waals surface area contributed by atoms with E-state index in [9.17, 15) is 13.2 Å². The Morgan fingerprint density at radius 3 is 2.53 bits per heavy atom. The molecule has 0 fully saturated rings. The van der Waals surface area contributed by atoms with Gasteiger partial charge in [0.2, 0.25) is 5.91 Å². The van der Waals surface area contributed by atoms with E-state index in [1.165, 1.54) is 0 Å². The molecule has 19 heavy (non-hydrogen) atoms. The van der Waals surface area contributed by atoms with Gasteiger partial charge in [-0.25, -0.2) is 8.42 Å². The molecule has 0 aromatic heterocycles. The van der Waals surface area contributed by atoms with Crippen LogP contribution in [0.1, 0.15) is 24.4 Å². The summed E-state index contributed by atoms with van der Waals surface area (Å²) < 4.78 is 21.8. The Labute approximate surface area is 114 Å². The zero-order valence-corrected chi connectivity index (χ0v) is 11.8. The van der Waals surface area contributed by atoms with Crippen molar-refractivity contribution >= 4 is 15.7 Å². The summed E-state index contributed by atoms with van der Waals surface area (Å²) in [6.45, 7) is 0.443. The first kappa shape index (κ1) is 15.7. The Morgan fingerprint density at radius 2 is 1.95 bits per heavy atom. The number of sulfone groups is 1. The highest BCUT2D eigenvalue weighted by atomic mass is 32.2. The summed E-state index contributed by atoms with van der Waals surface area (Å²) in [4.78, 5) is 11.4. The molecule has 3 N–H and O–H groups in total. The molecule has 1 amide bonds. The van der Waals surface area contributed by atoms with E-state index in [0.29, 0.717) is 13.0 Å². The third kappa shape index (κ3) is 6.93. The van der Waals surface area contributed by atoms with Crippen LogP contribution in [0.2, 0.25) is 0 Å². The third-order valence-corrected chi connectivity index (χ3v) is 3.65. The van der Waals surface area contributed by atoms with Crippen LogP contribution in [0.15, 0.2) is 30.3 Å². The van der Waals surface area contributed by atoms with Crippen molar-refractivity contribution in [1.82, 2.24) is 5.32 Å². The average molecular weight is 284 g/mol. The average Bonchev–Trinajstić information content (AvgIpc) is 2.36. The van der Waals surface area contributed by atoms with Gasteiger partial charge in [-0.3, -0.25) is 4.79 Å². The third-order valence-electron chi connectivity index (χ3n) is 2.71. The first-order valence-electron chi connectivity index (χ1n) is 6.13. The molecule has 1 aromatic carbocycles. The summed E-state index contributed by atoms with van der Waals surface area (Å²) in [5.74, 6) is -0.380. The Morgan fingerprint density at radius 1 is 1.32 bits per heavy atom. The van der Waals surface area contributed by atoms with Crippen LogP contribution in [0.4, 0.5) is 0 Å². The van der Waals surface area contributed by atoms with Crippen LogP contribution in [-0.4, -0.2) is 32.9 Å². The standard InChI is InChI=1S/C13H20N2O3S/c1-19(17,18)10-8-13(16)15-9-7-12(14)11-5-3-2-4-6-11/h2-6,12H,7-10,14H2,1H3,(H,15,16). The lowest BCUT2D eigenvalue weighted by Gasteiger charge is -2.12. The highest BCUT2D eigenvalue weighted by Crippen LogP contribution is 2.12. The van der Waals surface area contributed by atoms with Crippen molar-refractivity contribution in [2.45, 2.75) is 18.9 Å². The molecule has 1 aromatic rings. The summed E-state index contributed by atoms with van der Waals surface area (Å²) in [7, 11) is -3.09. The predicted molar refractivity (Wildman–Crippen MR) is 75.3 cm³/mol. The zero-order chi connectivity index (χ0) is 14.3. The van der Waals surface area contributed by atoms with E-state index in [1.54, 1.807) is 0 Å². The first-order chi connectivity index (χ1) is 8.88. The number of carbonyl (C=O) groups excluding carboxylic acids is 1. The molecule has 1 rings (SSSR count). The van der Waals surface area contributed by atoms with Gasteiger partial charge in [0.15, 0.2) is 0 Å². The number of hydrogen-bond donors (Lipinski definition) is 2. The Bertz CT molecular complexity index is 500. The normalized spacial score (nSPS) is 12.9.